The molecule has 3 heteroatoms. The molecule has 2 aromatic rings. The molecule has 20 heavy (non-hydrogen) atoms. The van der Waals surface area contributed by atoms with Crippen LogP contribution in [0.3, 0.4) is 0 Å². The van der Waals surface area contributed by atoms with E-state index in [9.17, 15) is 0 Å². The van der Waals surface area contributed by atoms with Crippen molar-refractivity contribution in [3.63, 3.8) is 0 Å². The van der Waals surface area contributed by atoms with Gasteiger partial charge in [-0.15, -0.1) is 0 Å². The van der Waals surface area contributed by atoms with E-state index in [2.05, 4.69) is 41.1 Å². The average molecular weight is 269 g/mol. The van der Waals surface area contributed by atoms with Crippen LogP contribution in [0.4, 0.5) is 0 Å². The molecule has 1 aliphatic rings. The van der Waals surface area contributed by atoms with Crippen molar-refractivity contribution in [2.75, 3.05) is 13.1 Å². The van der Waals surface area contributed by atoms with Gasteiger partial charge in [0.15, 0.2) is 0 Å². The molecule has 0 spiro atoms. The van der Waals surface area contributed by atoms with E-state index < -0.39 is 0 Å². The molecule has 2 unspecified atom stereocenters. The van der Waals surface area contributed by atoms with E-state index in [1.54, 1.807) is 0 Å². The average Bonchev–Trinajstić information content (AvgIpc) is 2.49. The smallest absolute Gasteiger partial charge is 0.0705 e. The molecule has 2 heterocycles. The van der Waals surface area contributed by atoms with Gasteiger partial charge >= 0.3 is 0 Å². The number of pyridine rings is 1. The molecule has 2 N–H and O–H groups in total. The Morgan fingerprint density at radius 2 is 2.15 bits per heavy atom. The van der Waals surface area contributed by atoms with Gasteiger partial charge in [-0.25, -0.2) is 0 Å². The lowest BCUT2D eigenvalue weighted by Gasteiger charge is -2.38. The van der Waals surface area contributed by atoms with Gasteiger partial charge in [-0.2, -0.15) is 0 Å². The molecule has 0 bridgehead atoms. The number of aromatic nitrogens is 1. The van der Waals surface area contributed by atoms with Crippen molar-refractivity contribution in [2.24, 2.45) is 11.7 Å². The zero-order valence-electron chi connectivity index (χ0n) is 12.1. The first kappa shape index (κ1) is 13.5. The monoisotopic (exact) mass is 269 g/mol. The second-order valence-electron chi connectivity index (χ2n) is 5.98. The Morgan fingerprint density at radius 1 is 1.30 bits per heavy atom. The van der Waals surface area contributed by atoms with Crippen LogP contribution in [-0.2, 0) is 6.54 Å². The summed E-state index contributed by atoms with van der Waals surface area (Å²) in [6.45, 7) is 5.23. The third kappa shape index (κ3) is 2.69. The van der Waals surface area contributed by atoms with Crippen molar-refractivity contribution in [1.29, 1.82) is 0 Å². The van der Waals surface area contributed by atoms with Gasteiger partial charge < -0.3 is 5.73 Å². The fourth-order valence-corrected chi connectivity index (χ4v) is 3.27. The van der Waals surface area contributed by atoms with Crippen molar-refractivity contribution in [3.8, 4) is 0 Å². The van der Waals surface area contributed by atoms with E-state index >= 15 is 0 Å². The maximum absolute atomic E-state index is 5.97. The van der Waals surface area contributed by atoms with Crippen LogP contribution in [-0.4, -0.2) is 29.0 Å². The third-order valence-corrected chi connectivity index (χ3v) is 4.48. The van der Waals surface area contributed by atoms with Crippen LogP contribution in [0.25, 0.3) is 10.9 Å². The summed E-state index contributed by atoms with van der Waals surface area (Å²) in [6, 6.07) is 11.1. The minimum absolute atomic E-state index is 0.519. The highest BCUT2D eigenvalue weighted by molar-refractivity contribution is 5.81. The van der Waals surface area contributed by atoms with Crippen molar-refractivity contribution in [2.45, 2.75) is 32.4 Å². The summed E-state index contributed by atoms with van der Waals surface area (Å²) in [4.78, 5) is 6.99. The summed E-state index contributed by atoms with van der Waals surface area (Å²) in [5, 5.41) is 1.27. The van der Waals surface area contributed by atoms with Crippen molar-refractivity contribution < 1.29 is 0 Å². The lowest BCUT2D eigenvalue weighted by atomic mass is 9.92. The quantitative estimate of drug-likeness (QED) is 0.931. The van der Waals surface area contributed by atoms with Crippen molar-refractivity contribution >= 4 is 10.9 Å². The maximum Gasteiger partial charge on any atom is 0.0705 e. The van der Waals surface area contributed by atoms with E-state index in [1.165, 1.54) is 23.8 Å². The molecule has 1 aromatic heterocycles. The van der Waals surface area contributed by atoms with Crippen molar-refractivity contribution in [1.82, 2.24) is 9.88 Å². The molecule has 1 saturated heterocycles. The lowest BCUT2D eigenvalue weighted by Crippen LogP contribution is -2.45. The first-order valence-corrected chi connectivity index (χ1v) is 7.54. The van der Waals surface area contributed by atoms with Gasteiger partial charge in [-0.3, -0.25) is 9.88 Å². The number of likely N-dealkylation sites (tertiary alicyclic amines) is 1. The zero-order valence-corrected chi connectivity index (χ0v) is 12.1. The Morgan fingerprint density at radius 3 is 3.00 bits per heavy atom. The van der Waals surface area contributed by atoms with Crippen LogP contribution >= 0.6 is 0 Å². The number of hydrogen-bond acceptors (Lipinski definition) is 3. The van der Waals surface area contributed by atoms with Gasteiger partial charge in [0.05, 0.1) is 5.52 Å². The number of rotatable bonds is 3. The summed E-state index contributed by atoms with van der Waals surface area (Å²) >= 11 is 0. The highest BCUT2D eigenvalue weighted by atomic mass is 15.2. The summed E-state index contributed by atoms with van der Waals surface area (Å²) < 4.78 is 0. The number of nitrogens with two attached hydrogens (primary N) is 1. The third-order valence-electron chi connectivity index (χ3n) is 4.48. The lowest BCUT2D eigenvalue weighted by molar-refractivity contribution is 0.115. The number of benzene rings is 1. The topological polar surface area (TPSA) is 42.2 Å². The van der Waals surface area contributed by atoms with E-state index in [-0.39, 0.29) is 0 Å². The fourth-order valence-electron chi connectivity index (χ4n) is 3.27. The molecule has 3 nitrogen and oxygen atoms in total. The van der Waals surface area contributed by atoms with Gasteiger partial charge in [0.2, 0.25) is 0 Å². The van der Waals surface area contributed by atoms with Gasteiger partial charge in [-0.1, -0.05) is 25.1 Å². The molecule has 106 valence electrons. The van der Waals surface area contributed by atoms with E-state index in [1.807, 2.05) is 12.3 Å². The number of piperidine rings is 1. The Labute approximate surface area is 120 Å². The van der Waals surface area contributed by atoms with Crippen molar-refractivity contribution in [3.05, 3.63) is 42.1 Å². The van der Waals surface area contributed by atoms with E-state index in [0.717, 1.165) is 31.1 Å². The van der Waals surface area contributed by atoms with Gasteiger partial charge in [-0.05, 0) is 43.0 Å². The number of para-hydroxylation sites is 1. The maximum atomic E-state index is 5.97. The summed E-state index contributed by atoms with van der Waals surface area (Å²) in [6.07, 6.45) is 4.42. The van der Waals surface area contributed by atoms with Gasteiger partial charge in [0.1, 0.15) is 0 Å². The van der Waals surface area contributed by atoms with Gasteiger partial charge in [0, 0.05) is 30.7 Å². The van der Waals surface area contributed by atoms with E-state index in [0.29, 0.717) is 6.04 Å². The second kappa shape index (κ2) is 5.90. The largest absolute Gasteiger partial charge is 0.329 e. The van der Waals surface area contributed by atoms with Crippen LogP contribution in [0.5, 0.6) is 0 Å². The molecule has 0 amide bonds. The SMILES string of the molecule is CC1CCN(Cc2ccnc3ccccc23)C(CN)C1. The molecule has 1 aliphatic heterocycles. The highest BCUT2D eigenvalue weighted by Gasteiger charge is 2.25. The van der Waals surface area contributed by atoms with Crippen LogP contribution in [0.15, 0.2) is 36.5 Å². The van der Waals surface area contributed by atoms with Crippen LogP contribution in [0, 0.1) is 5.92 Å². The molecular weight excluding hydrogens is 246 g/mol. The molecule has 3 rings (SSSR count). The van der Waals surface area contributed by atoms with Crippen LogP contribution < -0.4 is 5.73 Å². The first-order chi connectivity index (χ1) is 9.78. The zero-order chi connectivity index (χ0) is 13.9. The number of nitrogens with zero attached hydrogens (tertiary/aromatic N) is 2. The second-order valence-corrected chi connectivity index (χ2v) is 5.98. The normalized spacial score (nSPS) is 24.1. The molecular formula is C17H23N3. The standard InChI is InChI=1S/C17H23N3/c1-13-7-9-20(15(10-13)11-18)12-14-6-8-19-17-5-3-2-4-16(14)17/h2-6,8,13,15H,7,9-12,18H2,1H3. The van der Waals surface area contributed by atoms with Crippen LogP contribution in [0.2, 0.25) is 0 Å². The summed E-state index contributed by atoms with van der Waals surface area (Å²) in [7, 11) is 0. The predicted molar refractivity (Wildman–Crippen MR) is 83.4 cm³/mol. The number of hydrogen-bond donors (Lipinski definition) is 1. The summed E-state index contributed by atoms with van der Waals surface area (Å²) in [5.41, 5.74) is 8.42. The minimum Gasteiger partial charge on any atom is -0.329 e. The molecule has 0 radical (unpaired) electrons. The van der Waals surface area contributed by atoms with Crippen LogP contribution in [0.1, 0.15) is 25.3 Å². The molecule has 2 atom stereocenters. The molecule has 1 fully saturated rings. The Bertz CT molecular complexity index is 576. The minimum atomic E-state index is 0.519. The Balaban J connectivity index is 1.85. The Hall–Kier alpha value is -1.45. The Kier molecular flexibility index (Phi) is 3.99. The highest BCUT2D eigenvalue weighted by Crippen LogP contribution is 2.25. The van der Waals surface area contributed by atoms with Gasteiger partial charge in [0.25, 0.3) is 0 Å². The van der Waals surface area contributed by atoms with E-state index in [4.69, 9.17) is 5.73 Å². The summed E-state index contributed by atoms with van der Waals surface area (Å²) in [5.74, 6) is 0.800. The molecule has 0 aliphatic carbocycles. The molecule has 0 saturated carbocycles. The first-order valence-electron chi connectivity index (χ1n) is 7.54. The number of fused-ring (bicyclic) bond motifs is 1. The predicted octanol–water partition coefficient (Wildman–Crippen LogP) is 2.79. The fraction of sp³-hybridized carbons (Fsp3) is 0.471. The molecule has 1 aromatic carbocycles.